The first-order valence-electron chi connectivity index (χ1n) is 7.13. The summed E-state index contributed by atoms with van der Waals surface area (Å²) in [5, 5.41) is 13.0. The van der Waals surface area contributed by atoms with Gasteiger partial charge in [-0.15, -0.1) is 0 Å². The van der Waals surface area contributed by atoms with Crippen molar-refractivity contribution in [2.75, 3.05) is 39.4 Å². The average molecular weight is 264 g/mol. The van der Waals surface area contributed by atoms with Crippen LogP contribution in [0, 0.1) is 0 Å². The van der Waals surface area contributed by atoms with Crippen molar-refractivity contribution in [1.82, 2.24) is 10.2 Å². The third-order valence-corrected chi connectivity index (χ3v) is 3.48. The van der Waals surface area contributed by atoms with Crippen LogP contribution in [0.15, 0.2) is 24.3 Å². The molecule has 19 heavy (non-hydrogen) atoms. The fraction of sp³-hybridized carbons (Fsp3) is 0.600. The van der Waals surface area contributed by atoms with Crippen molar-refractivity contribution >= 4 is 0 Å². The largest absolute Gasteiger partial charge is 0.494 e. The number of hydrogen-bond acceptors (Lipinski definition) is 4. The number of aliphatic hydroxyl groups is 1. The van der Waals surface area contributed by atoms with Gasteiger partial charge in [-0.25, -0.2) is 0 Å². The molecule has 0 saturated carbocycles. The fourth-order valence-electron chi connectivity index (χ4n) is 2.46. The van der Waals surface area contributed by atoms with Gasteiger partial charge >= 0.3 is 0 Å². The maximum absolute atomic E-state index is 9.70. The molecule has 1 fully saturated rings. The van der Waals surface area contributed by atoms with Crippen molar-refractivity contribution in [3.63, 3.8) is 0 Å². The molecule has 1 aliphatic heterocycles. The summed E-state index contributed by atoms with van der Waals surface area (Å²) in [5.74, 6) is 0.896. The van der Waals surface area contributed by atoms with E-state index < -0.39 is 0 Å². The second-order valence-corrected chi connectivity index (χ2v) is 4.91. The Hall–Kier alpha value is -1.10. The third-order valence-electron chi connectivity index (χ3n) is 3.48. The molecule has 4 nitrogen and oxygen atoms in total. The van der Waals surface area contributed by atoms with Crippen LogP contribution in [0.4, 0.5) is 0 Å². The second kappa shape index (κ2) is 7.48. The number of rotatable bonds is 6. The first-order chi connectivity index (χ1) is 9.35. The lowest BCUT2D eigenvalue weighted by atomic mass is 10.0. The van der Waals surface area contributed by atoms with E-state index in [9.17, 15) is 5.11 Å². The number of piperazine rings is 1. The Kier molecular flexibility index (Phi) is 5.63. The standard InChI is InChI=1S/C15H24N2O2/c1-2-10-19-14-5-3-4-13(11-14)15(12-18)17-8-6-16-7-9-17/h3-5,11,15-16,18H,2,6-10,12H2,1H3. The fourth-order valence-corrected chi connectivity index (χ4v) is 2.46. The van der Waals surface area contributed by atoms with E-state index in [0.717, 1.165) is 50.5 Å². The molecule has 1 heterocycles. The molecule has 106 valence electrons. The maximum atomic E-state index is 9.70. The molecule has 1 atom stereocenters. The van der Waals surface area contributed by atoms with Gasteiger partial charge in [-0.05, 0) is 24.1 Å². The maximum Gasteiger partial charge on any atom is 0.119 e. The van der Waals surface area contributed by atoms with Crippen LogP contribution >= 0.6 is 0 Å². The third kappa shape index (κ3) is 3.93. The van der Waals surface area contributed by atoms with Crippen LogP contribution < -0.4 is 10.1 Å². The molecule has 0 bridgehead atoms. The molecule has 0 spiro atoms. The molecule has 1 aliphatic rings. The molecule has 0 aromatic heterocycles. The molecule has 2 N–H and O–H groups in total. The summed E-state index contributed by atoms with van der Waals surface area (Å²) in [5.41, 5.74) is 1.14. The first-order valence-corrected chi connectivity index (χ1v) is 7.13. The van der Waals surface area contributed by atoms with Gasteiger partial charge in [-0.1, -0.05) is 19.1 Å². The predicted molar refractivity (Wildman–Crippen MR) is 76.5 cm³/mol. The highest BCUT2D eigenvalue weighted by Crippen LogP contribution is 2.24. The summed E-state index contributed by atoms with van der Waals surface area (Å²) in [7, 11) is 0. The van der Waals surface area contributed by atoms with Gasteiger partial charge in [0.25, 0.3) is 0 Å². The van der Waals surface area contributed by atoms with E-state index in [-0.39, 0.29) is 12.6 Å². The summed E-state index contributed by atoms with van der Waals surface area (Å²) in [6.45, 7) is 6.92. The van der Waals surface area contributed by atoms with Gasteiger partial charge in [0.2, 0.25) is 0 Å². The Morgan fingerprint density at radius 1 is 1.37 bits per heavy atom. The van der Waals surface area contributed by atoms with E-state index in [0.29, 0.717) is 0 Å². The number of hydrogen-bond donors (Lipinski definition) is 2. The van der Waals surface area contributed by atoms with Crippen molar-refractivity contribution < 1.29 is 9.84 Å². The average Bonchev–Trinajstić information content (AvgIpc) is 2.47. The number of nitrogens with zero attached hydrogens (tertiary/aromatic N) is 1. The quantitative estimate of drug-likeness (QED) is 0.815. The van der Waals surface area contributed by atoms with E-state index in [4.69, 9.17) is 4.74 Å². The Balaban J connectivity index is 2.08. The zero-order valence-corrected chi connectivity index (χ0v) is 11.6. The molecular formula is C15H24N2O2. The molecule has 1 saturated heterocycles. The summed E-state index contributed by atoms with van der Waals surface area (Å²) < 4.78 is 5.67. The zero-order chi connectivity index (χ0) is 13.5. The van der Waals surface area contributed by atoms with Gasteiger partial charge in [0.1, 0.15) is 5.75 Å². The normalized spacial score (nSPS) is 18.2. The van der Waals surface area contributed by atoms with Gasteiger partial charge in [-0.2, -0.15) is 0 Å². The molecule has 1 aromatic carbocycles. The van der Waals surface area contributed by atoms with Crippen molar-refractivity contribution in [2.45, 2.75) is 19.4 Å². The van der Waals surface area contributed by atoms with E-state index in [1.807, 2.05) is 12.1 Å². The molecular weight excluding hydrogens is 240 g/mol. The molecule has 0 aliphatic carbocycles. The van der Waals surface area contributed by atoms with Gasteiger partial charge in [0.15, 0.2) is 0 Å². The summed E-state index contributed by atoms with van der Waals surface area (Å²) >= 11 is 0. The lowest BCUT2D eigenvalue weighted by Gasteiger charge is -2.34. The minimum atomic E-state index is 0.0762. The Morgan fingerprint density at radius 2 is 2.16 bits per heavy atom. The van der Waals surface area contributed by atoms with Gasteiger partial charge in [0, 0.05) is 26.2 Å². The lowest BCUT2D eigenvalue weighted by molar-refractivity contribution is 0.110. The van der Waals surface area contributed by atoms with Gasteiger partial charge in [-0.3, -0.25) is 4.90 Å². The van der Waals surface area contributed by atoms with E-state index >= 15 is 0 Å². The lowest BCUT2D eigenvalue weighted by Crippen LogP contribution is -2.46. The van der Waals surface area contributed by atoms with E-state index in [1.54, 1.807) is 0 Å². The van der Waals surface area contributed by atoms with Crippen molar-refractivity contribution in [3.8, 4) is 5.75 Å². The minimum Gasteiger partial charge on any atom is -0.494 e. The Labute approximate surface area is 115 Å². The van der Waals surface area contributed by atoms with Gasteiger partial charge in [0.05, 0.1) is 19.3 Å². The number of benzene rings is 1. The summed E-state index contributed by atoms with van der Waals surface area (Å²) in [6, 6.07) is 8.18. The van der Waals surface area contributed by atoms with Crippen molar-refractivity contribution in [2.24, 2.45) is 0 Å². The molecule has 0 radical (unpaired) electrons. The second-order valence-electron chi connectivity index (χ2n) is 4.91. The van der Waals surface area contributed by atoms with Crippen molar-refractivity contribution in [1.29, 1.82) is 0 Å². The highest BCUT2D eigenvalue weighted by atomic mass is 16.5. The monoisotopic (exact) mass is 264 g/mol. The van der Waals surface area contributed by atoms with Crippen LogP contribution in [0.2, 0.25) is 0 Å². The van der Waals surface area contributed by atoms with Crippen LogP contribution in [0.1, 0.15) is 24.9 Å². The number of nitrogens with one attached hydrogen (secondary N) is 1. The van der Waals surface area contributed by atoms with Crippen LogP contribution in [-0.4, -0.2) is 49.4 Å². The molecule has 1 aromatic rings. The topological polar surface area (TPSA) is 44.7 Å². The molecule has 0 amide bonds. The van der Waals surface area contributed by atoms with Crippen LogP contribution in [0.5, 0.6) is 5.75 Å². The van der Waals surface area contributed by atoms with Crippen LogP contribution in [0.25, 0.3) is 0 Å². The predicted octanol–water partition coefficient (Wildman–Crippen LogP) is 1.41. The Morgan fingerprint density at radius 3 is 2.84 bits per heavy atom. The van der Waals surface area contributed by atoms with E-state index in [2.05, 4.69) is 29.3 Å². The first kappa shape index (κ1) is 14.3. The highest BCUT2D eigenvalue weighted by molar-refractivity contribution is 5.30. The minimum absolute atomic E-state index is 0.0762. The zero-order valence-electron chi connectivity index (χ0n) is 11.6. The smallest absolute Gasteiger partial charge is 0.119 e. The van der Waals surface area contributed by atoms with E-state index in [1.165, 1.54) is 0 Å². The number of aliphatic hydroxyl groups excluding tert-OH is 1. The van der Waals surface area contributed by atoms with Crippen LogP contribution in [0.3, 0.4) is 0 Å². The molecule has 2 rings (SSSR count). The van der Waals surface area contributed by atoms with Gasteiger partial charge < -0.3 is 15.2 Å². The summed E-state index contributed by atoms with van der Waals surface area (Å²) in [4.78, 5) is 2.33. The number of ether oxygens (including phenoxy) is 1. The molecule has 4 heteroatoms. The molecule has 1 unspecified atom stereocenters. The summed E-state index contributed by atoms with van der Waals surface area (Å²) in [6.07, 6.45) is 1.01. The van der Waals surface area contributed by atoms with Crippen LogP contribution in [-0.2, 0) is 0 Å². The SMILES string of the molecule is CCCOc1cccc(C(CO)N2CCNCC2)c1. The highest BCUT2D eigenvalue weighted by Gasteiger charge is 2.21. The Bertz CT molecular complexity index is 378. The van der Waals surface area contributed by atoms with Crippen molar-refractivity contribution in [3.05, 3.63) is 29.8 Å².